The van der Waals surface area contributed by atoms with Gasteiger partial charge in [-0.1, -0.05) is 31.2 Å². The Kier molecular flexibility index (Phi) is 2.33. The van der Waals surface area contributed by atoms with E-state index in [0.29, 0.717) is 5.92 Å². The van der Waals surface area contributed by atoms with Crippen LogP contribution in [0.25, 0.3) is 11.4 Å². The Balaban J connectivity index is 2.16. The summed E-state index contributed by atoms with van der Waals surface area (Å²) in [6, 6.07) is 8.48. The largest absolute Gasteiger partial charge is 0.334 e. The van der Waals surface area contributed by atoms with E-state index in [1.165, 1.54) is 11.1 Å². The minimum atomic E-state index is 0.0442. The van der Waals surface area contributed by atoms with Crippen LogP contribution in [0.5, 0.6) is 0 Å². The number of nitrogens with zero attached hydrogens (tertiary/aromatic N) is 2. The molecule has 17 heavy (non-hydrogen) atoms. The molecule has 1 aliphatic rings. The Hall–Kier alpha value is -1.22. The van der Waals surface area contributed by atoms with E-state index in [0.717, 1.165) is 12.2 Å². The van der Waals surface area contributed by atoms with E-state index in [2.05, 4.69) is 40.7 Å². The summed E-state index contributed by atoms with van der Waals surface area (Å²) < 4.78 is 2.10. The van der Waals surface area contributed by atoms with Gasteiger partial charge in [0.25, 0.3) is 0 Å². The van der Waals surface area contributed by atoms with E-state index >= 15 is 0 Å². The minimum Gasteiger partial charge on any atom is -0.334 e. The van der Waals surface area contributed by atoms with Crippen molar-refractivity contribution in [2.24, 2.45) is 13.0 Å². The first-order chi connectivity index (χ1) is 8.13. The van der Waals surface area contributed by atoms with Gasteiger partial charge in [0.05, 0.1) is 0 Å². The lowest BCUT2D eigenvalue weighted by molar-refractivity contribution is 0.865. The van der Waals surface area contributed by atoms with Gasteiger partial charge in [-0.15, -0.1) is 0 Å². The molecule has 1 heterocycles. The van der Waals surface area contributed by atoms with Gasteiger partial charge in [0.2, 0.25) is 0 Å². The molecule has 88 valence electrons. The van der Waals surface area contributed by atoms with Crippen LogP contribution < -0.4 is 0 Å². The zero-order valence-corrected chi connectivity index (χ0v) is 11.0. The first-order valence-electron chi connectivity index (χ1n) is 5.92. The third-order valence-corrected chi connectivity index (χ3v) is 4.59. The molecule has 1 aliphatic carbocycles. The normalized spacial score (nSPS) is 27.1. The second kappa shape index (κ2) is 3.64. The number of thiol groups is 1. The first-order valence-corrected chi connectivity index (χ1v) is 6.37. The maximum atomic E-state index is 4.85. The van der Waals surface area contributed by atoms with Crippen LogP contribution in [-0.2, 0) is 11.8 Å². The summed E-state index contributed by atoms with van der Waals surface area (Å²) in [6.07, 6.45) is 4.97. The molecule has 2 aromatic rings. The Morgan fingerprint density at radius 2 is 2.12 bits per heavy atom. The highest BCUT2D eigenvalue weighted by molar-refractivity contribution is 7.81. The van der Waals surface area contributed by atoms with Crippen LogP contribution in [0.2, 0.25) is 0 Å². The fraction of sp³-hybridized carbons (Fsp3) is 0.357. The fourth-order valence-electron chi connectivity index (χ4n) is 2.46. The molecule has 2 nitrogen and oxygen atoms in total. The van der Waals surface area contributed by atoms with E-state index in [-0.39, 0.29) is 4.75 Å². The van der Waals surface area contributed by atoms with Crippen LogP contribution in [0.15, 0.2) is 36.7 Å². The molecule has 0 amide bonds. The van der Waals surface area contributed by atoms with Gasteiger partial charge in [0, 0.05) is 29.8 Å². The van der Waals surface area contributed by atoms with Crippen molar-refractivity contribution in [3.63, 3.8) is 0 Å². The molecular weight excluding hydrogens is 228 g/mol. The smallest absolute Gasteiger partial charge is 0.139 e. The van der Waals surface area contributed by atoms with Gasteiger partial charge < -0.3 is 4.57 Å². The van der Waals surface area contributed by atoms with Gasteiger partial charge >= 0.3 is 0 Å². The van der Waals surface area contributed by atoms with Gasteiger partial charge in [-0.05, 0) is 17.9 Å². The summed E-state index contributed by atoms with van der Waals surface area (Å²) in [7, 11) is 2.03. The molecule has 0 bridgehead atoms. The Morgan fingerprint density at radius 3 is 2.71 bits per heavy atom. The molecule has 3 rings (SSSR count). The van der Waals surface area contributed by atoms with Crippen LogP contribution >= 0.6 is 12.6 Å². The summed E-state index contributed by atoms with van der Waals surface area (Å²) in [5.41, 5.74) is 2.52. The average Bonchev–Trinajstić information content (AvgIpc) is 2.74. The Labute approximate surface area is 107 Å². The number of imidazole rings is 1. The molecule has 3 heteroatoms. The molecule has 0 aliphatic heterocycles. The van der Waals surface area contributed by atoms with Crippen LogP contribution in [0.3, 0.4) is 0 Å². The Bertz CT molecular complexity index is 561. The third kappa shape index (κ3) is 1.61. The number of benzene rings is 1. The standard InChI is InChI=1S/C14H16N2S/c1-10-9-14(10,17)12-6-4-3-5-11(12)13-15-7-8-16(13)2/h3-8,10,17H,9H2,1-2H3/t10-,14?/m0/s1. The van der Waals surface area contributed by atoms with E-state index < -0.39 is 0 Å². The SMILES string of the molecule is C[C@H]1CC1(S)c1ccccc1-c1nccn1C. The second-order valence-electron chi connectivity index (χ2n) is 4.94. The molecule has 1 unspecified atom stereocenters. The van der Waals surface area contributed by atoms with Crippen molar-refractivity contribution >= 4 is 12.6 Å². The molecule has 1 saturated carbocycles. The molecule has 1 aromatic heterocycles. The highest BCUT2D eigenvalue weighted by atomic mass is 32.1. The average molecular weight is 244 g/mol. The lowest BCUT2D eigenvalue weighted by Crippen LogP contribution is -2.04. The quantitative estimate of drug-likeness (QED) is 0.803. The zero-order valence-electron chi connectivity index (χ0n) is 10.1. The molecule has 1 fully saturated rings. The molecule has 0 radical (unpaired) electrons. The third-order valence-electron chi connectivity index (χ3n) is 3.73. The lowest BCUT2D eigenvalue weighted by Gasteiger charge is -2.15. The highest BCUT2D eigenvalue weighted by Crippen LogP contribution is 2.58. The van der Waals surface area contributed by atoms with Gasteiger partial charge in [-0.2, -0.15) is 12.6 Å². The van der Waals surface area contributed by atoms with Crippen molar-refractivity contribution in [1.29, 1.82) is 0 Å². The van der Waals surface area contributed by atoms with Gasteiger partial charge in [0.1, 0.15) is 5.82 Å². The number of hydrogen-bond donors (Lipinski definition) is 1. The molecule has 0 N–H and O–H groups in total. The number of rotatable bonds is 2. The van der Waals surface area contributed by atoms with Crippen molar-refractivity contribution in [3.8, 4) is 11.4 Å². The topological polar surface area (TPSA) is 17.8 Å². The van der Waals surface area contributed by atoms with Crippen molar-refractivity contribution < 1.29 is 0 Å². The van der Waals surface area contributed by atoms with Crippen molar-refractivity contribution in [1.82, 2.24) is 9.55 Å². The van der Waals surface area contributed by atoms with Crippen LogP contribution in [0, 0.1) is 5.92 Å². The van der Waals surface area contributed by atoms with Crippen molar-refractivity contribution in [3.05, 3.63) is 42.2 Å². The first kappa shape index (κ1) is 10.9. The summed E-state index contributed by atoms with van der Waals surface area (Å²) in [6.45, 7) is 2.25. The second-order valence-corrected chi connectivity index (χ2v) is 5.73. The summed E-state index contributed by atoms with van der Waals surface area (Å²) in [4.78, 5) is 4.44. The Morgan fingerprint density at radius 1 is 1.41 bits per heavy atom. The zero-order chi connectivity index (χ0) is 12.0. The predicted octanol–water partition coefficient (Wildman–Crippen LogP) is 3.25. The molecular formula is C14H16N2S. The van der Waals surface area contributed by atoms with Crippen LogP contribution in [-0.4, -0.2) is 9.55 Å². The lowest BCUT2D eigenvalue weighted by atomic mass is 10.0. The van der Waals surface area contributed by atoms with Gasteiger partial charge in [0.15, 0.2) is 0 Å². The van der Waals surface area contributed by atoms with Crippen LogP contribution in [0.4, 0.5) is 0 Å². The fourth-order valence-corrected chi connectivity index (χ4v) is 2.93. The summed E-state index contributed by atoms with van der Waals surface area (Å²) >= 11 is 4.85. The number of aryl methyl sites for hydroxylation is 1. The van der Waals surface area contributed by atoms with Crippen molar-refractivity contribution in [2.75, 3.05) is 0 Å². The summed E-state index contributed by atoms with van der Waals surface area (Å²) in [5, 5.41) is 0. The van der Waals surface area contributed by atoms with Crippen LogP contribution in [0.1, 0.15) is 18.9 Å². The van der Waals surface area contributed by atoms with E-state index in [4.69, 9.17) is 12.6 Å². The van der Waals surface area contributed by atoms with E-state index in [9.17, 15) is 0 Å². The highest BCUT2D eigenvalue weighted by Gasteiger charge is 2.50. The number of hydrogen-bond acceptors (Lipinski definition) is 2. The maximum absolute atomic E-state index is 4.85. The van der Waals surface area contributed by atoms with Gasteiger partial charge in [-0.25, -0.2) is 4.98 Å². The van der Waals surface area contributed by atoms with Gasteiger partial charge in [-0.3, -0.25) is 0 Å². The number of aromatic nitrogens is 2. The molecule has 1 aromatic carbocycles. The molecule has 0 spiro atoms. The predicted molar refractivity (Wildman–Crippen MR) is 73.1 cm³/mol. The minimum absolute atomic E-state index is 0.0442. The summed E-state index contributed by atoms with van der Waals surface area (Å²) in [5.74, 6) is 1.67. The monoisotopic (exact) mass is 244 g/mol. The van der Waals surface area contributed by atoms with E-state index in [1.54, 1.807) is 0 Å². The molecule has 2 atom stereocenters. The molecule has 0 saturated heterocycles. The maximum Gasteiger partial charge on any atom is 0.139 e. The van der Waals surface area contributed by atoms with Crippen molar-refractivity contribution in [2.45, 2.75) is 18.1 Å². The van der Waals surface area contributed by atoms with E-state index in [1.807, 2.05) is 19.4 Å².